The molecule has 0 fully saturated rings. The number of imidazole rings is 1. The predicted molar refractivity (Wildman–Crippen MR) is 86.6 cm³/mol. The Kier molecular flexibility index (Phi) is 3.14. The Morgan fingerprint density at radius 2 is 2.05 bits per heavy atom. The summed E-state index contributed by atoms with van der Waals surface area (Å²) in [7, 11) is 4.03. The normalized spacial score (nSPS) is 11.2. The number of nitrogens with zero attached hydrogens (tertiary/aromatic N) is 3. The van der Waals surface area contributed by atoms with E-state index in [1.807, 2.05) is 30.8 Å². The second kappa shape index (κ2) is 4.83. The fourth-order valence-electron chi connectivity index (χ4n) is 2.19. The zero-order valence-corrected chi connectivity index (χ0v) is 12.7. The van der Waals surface area contributed by atoms with Crippen molar-refractivity contribution in [2.45, 2.75) is 13.3 Å². The lowest BCUT2D eigenvalue weighted by Crippen LogP contribution is -2.09. The Hall–Kier alpha value is -2.01. The Morgan fingerprint density at radius 3 is 2.70 bits per heavy atom. The number of fused-ring (bicyclic) bond motifs is 1. The van der Waals surface area contributed by atoms with Gasteiger partial charge in [0, 0.05) is 25.2 Å². The first-order valence-corrected chi connectivity index (χ1v) is 7.45. The van der Waals surface area contributed by atoms with Gasteiger partial charge in [-0.15, -0.1) is 11.3 Å². The zero-order chi connectivity index (χ0) is 14.3. The molecule has 0 saturated heterocycles. The SMILES string of the molecule is CCc1ccc(-c2nc3ccc(N(C)C)cn3c2N)s1. The first kappa shape index (κ1) is 13.0. The maximum absolute atomic E-state index is 6.28. The van der Waals surface area contributed by atoms with Crippen LogP contribution in [0.2, 0.25) is 0 Å². The van der Waals surface area contributed by atoms with E-state index >= 15 is 0 Å². The third kappa shape index (κ3) is 2.04. The van der Waals surface area contributed by atoms with Gasteiger partial charge in [0.1, 0.15) is 17.2 Å². The molecule has 3 aromatic heterocycles. The van der Waals surface area contributed by atoms with Crippen LogP contribution in [-0.4, -0.2) is 23.5 Å². The number of rotatable bonds is 3. The minimum atomic E-state index is 0.702. The van der Waals surface area contributed by atoms with Crippen LogP contribution >= 0.6 is 11.3 Å². The van der Waals surface area contributed by atoms with Crippen molar-refractivity contribution in [3.63, 3.8) is 0 Å². The zero-order valence-electron chi connectivity index (χ0n) is 11.9. The summed E-state index contributed by atoms with van der Waals surface area (Å²) in [6, 6.07) is 8.31. The average Bonchev–Trinajstić information content (AvgIpc) is 3.03. The van der Waals surface area contributed by atoms with Crippen LogP contribution in [0.1, 0.15) is 11.8 Å². The van der Waals surface area contributed by atoms with Gasteiger partial charge in [-0.3, -0.25) is 4.40 Å². The van der Waals surface area contributed by atoms with Gasteiger partial charge in [-0.05, 0) is 30.7 Å². The van der Waals surface area contributed by atoms with Crippen molar-refractivity contribution in [3.05, 3.63) is 35.3 Å². The average molecular weight is 286 g/mol. The summed E-state index contributed by atoms with van der Waals surface area (Å²) in [6.45, 7) is 2.16. The van der Waals surface area contributed by atoms with Crippen molar-refractivity contribution in [2.75, 3.05) is 24.7 Å². The van der Waals surface area contributed by atoms with Crippen molar-refractivity contribution in [1.29, 1.82) is 0 Å². The van der Waals surface area contributed by atoms with Gasteiger partial charge < -0.3 is 10.6 Å². The lowest BCUT2D eigenvalue weighted by molar-refractivity contribution is 1.09. The summed E-state index contributed by atoms with van der Waals surface area (Å²) in [6.07, 6.45) is 3.07. The molecule has 0 saturated carbocycles. The van der Waals surface area contributed by atoms with Gasteiger partial charge in [0.15, 0.2) is 0 Å². The molecule has 0 aromatic carbocycles. The van der Waals surface area contributed by atoms with Gasteiger partial charge in [0.25, 0.3) is 0 Å². The maximum Gasteiger partial charge on any atom is 0.139 e. The standard InChI is InChI=1S/C15H18N4S/c1-4-11-6-7-12(20-11)14-15(16)19-9-10(18(2)3)5-8-13(19)17-14/h5-9H,4,16H2,1-3H3. The summed E-state index contributed by atoms with van der Waals surface area (Å²) < 4.78 is 1.95. The highest BCUT2D eigenvalue weighted by atomic mass is 32.1. The molecule has 2 N–H and O–H groups in total. The molecule has 0 aliphatic carbocycles. The highest BCUT2D eigenvalue weighted by Crippen LogP contribution is 2.33. The van der Waals surface area contributed by atoms with Gasteiger partial charge in [-0.1, -0.05) is 6.92 Å². The van der Waals surface area contributed by atoms with Crippen molar-refractivity contribution in [1.82, 2.24) is 9.38 Å². The molecule has 0 radical (unpaired) electrons. The second-order valence-corrected chi connectivity index (χ2v) is 6.14. The van der Waals surface area contributed by atoms with Gasteiger partial charge in [0.05, 0.1) is 10.6 Å². The quantitative estimate of drug-likeness (QED) is 0.804. The highest BCUT2D eigenvalue weighted by Gasteiger charge is 2.13. The molecule has 0 spiro atoms. The van der Waals surface area contributed by atoms with E-state index in [1.54, 1.807) is 11.3 Å². The molecule has 0 aliphatic heterocycles. The molecule has 0 aliphatic rings. The van der Waals surface area contributed by atoms with Gasteiger partial charge in [0.2, 0.25) is 0 Å². The van der Waals surface area contributed by atoms with Crippen LogP contribution in [0.3, 0.4) is 0 Å². The van der Waals surface area contributed by atoms with E-state index < -0.39 is 0 Å². The first-order chi connectivity index (χ1) is 9.60. The number of nitrogens with two attached hydrogens (primary N) is 1. The largest absolute Gasteiger partial charge is 0.383 e. The minimum absolute atomic E-state index is 0.702. The number of thiophene rings is 1. The van der Waals surface area contributed by atoms with Gasteiger partial charge in [-0.25, -0.2) is 4.98 Å². The smallest absolute Gasteiger partial charge is 0.139 e. The predicted octanol–water partition coefficient (Wildman–Crippen LogP) is 3.27. The molecule has 0 amide bonds. The van der Waals surface area contributed by atoms with Gasteiger partial charge >= 0.3 is 0 Å². The number of hydrogen-bond acceptors (Lipinski definition) is 4. The lowest BCUT2D eigenvalue weighted by atomic mass is 10.3. The summed E-state index contributed by atoms with van der Waals surface area (Å²) in [5, 5.41) is 0. The Bertz CT molecular complexity index is 754. The van der Waals surface area contributed by atoms with Crippen LogP contribution in [0.4, 0.5) is 11.5 Å². The third-order valence-electron chi connectivity index (χ3n) is 3.40. The summed E-state index contributed by atoms with van der Waals surface area (Å²) in [4.78, 5) is 9.20. The van der Waals surface area contributed by atoms with Crippen LogP contribution in [0.25, 0.3) is 16.2 Å². The van der Waals surface area contributed by atoms with Gasteiger partial charge in [-0.2, -0.15) is 0 Å². The van der Waals surface area contributed by atoms with E-state index in [9.17, 15) is 0 Å². The van der Waals surface area contributed by atoms with E-state index in [0.29, 0.717) is 5.82 Å². The molecule has 20 heavy (non-hydrogen) atoms. The fourth-order valence-corrected chi connectivity index (χ4v) is 3.14. The van der Waals surface area contributed by atoms with Crippen molar-refractivity contribution in [2.24, 2.45) is 0 Å². The summed E-state index contributed by atoms with van der Waals surface area (Å²) >= 11 is 1.76. The first-order valence-electron chi connectivity index (χ1n) is 6.64. The molecule has 0 unspecified atom stereocenters. The molecular weight excluding hydrogens is 268 g/mol. The number of aromatic nitrogens is 2. The molecule has 0 bridgehead atoms. The van der Waals surface area contributed by atoms with Crippen molar-refractivity contribution in [3.8, 4) is 10.6 Å². The Morgan fingerprint density at radius 1 is 1.25 bits per heavy atom. The highest BCUT2D eigenvalue weighted by molar-refractivity contribution is 7.15. The van der Waals surface area contributed by atoms with E-state index in [0.717, 1.165) is 28.3 Å². The molecule has 0 atom stereocenters. The van der Waals surface area contributed by atoms with Crippen LogP contribution in [0, 0.1) is 0 Å². The van der Waals surface area contributed by atoms with E-state index in [2.05, 4.69) is 35.0 Å². The molecular formula is C15H18N4S. The van der Waals surface area contributed by atoms with E-state index in [1.165, 1.54) is 4.88 Å². The topological polar surface area (TPSA) is 46.6 Å². The van der Waals surface area contributed by atoms with Crippen LogP contribution in [-0.2, 0) is 6.42 Å². The lowest BCUT2D eigenvalue weighted by Gasteiger charge is -2.12. The number of nitrogen functional groups attached to an aromatic ring is 1. The fraction of sp³-hybridized carbons (Fsp3) is 0.267. The number of aryl methyl sites for hydroxylation is 1. The molecule has 104 valence electrons. The van der Waals surface area contributed by atoms with E-state index in [4.69, 9.17) is 5.73 Å². The second-order valence-electron chi connectivity index (χ2n) is 4.98. The molecule has 4 nitrogen and oxygen atoms in total. The third-order valence-corrected chi connectivity index (χ3v) is 4.64. The van der Waals surface area contributed by atoms with E-state index in [-0.39, 0.29) is 0 Å². The number of anilines is 2. The Balaban J connectivity index is 2.15. The van der Waals surface area contributed by atoms with Crippen molar-refractivity contribution >= 4 is 28.5 Å². The molecule has 3 aromatic rings. The van der Waals surface area contributed by atoms with Crippen LogP contribution in [0.5, 0.6) is 0 Å². The van der Waals surface area contributed by atoms with Crippen LogP contribution in [0.15, 0.2) is 30.5 Å². The molecule has 5 heteroatoms. The summed E-state index contributed by atoms with van der Waals surface area (Å²) in [5.74, 6) is 0.702. The number of pyridine rings is 1. The Labute approximate surface area is 122 Å². The molecule has 3 heterocycles. The minimum Gasteiger partial charge on any atom is -0.383 e. The maximum atomic E-state index is 6.28. The molecule has 3 rings (SSSR count). The number of hydrogen-bond donors (Lipinski definition) is 1. The monoisotopic (exact) mass is 286 g/mol. The summed E-state index contributed by atoms with van der Waals surface area (Å²) in [5.41, 5.74) is 9.15. The van der Waals surface area contributed by atoms with Crippen LogP contribution < -0.4 is 10.6 Å². The van der Waals surface area contributed by atoms with Crippen molar-refractivity contribution < 1.29 is 0 Å².